The van der Waals surface area contributed by atoms with Gasteiger partial charge in [-0.05, 0) is 47.9 Å². The number of carbonyl (C=O) groups is 3. The minimum atomic E-state index is -1.73. The molecule has 3 atom stereocenters. The van der Waals surface area contributed by atoms with Crippen LogP contribution in [0.1, 0.15) is 43.2 Å². The Labute approximate surface area is 198 Å². The van der Waals surface area contributed by atoms with Gasteiger partial charge in [-0.1, -0.05) is 55.0 Å². The number of benzene rings is 2. The first-order valence-corrected chi connectivity index (χ1v) is 11.6. The smallest absolute Gasteiger partial charge is 0.407 e. The second-order valence-corrected chi connectivity index (χ2v) is 9.29. The molecule has 8 heteroatoms. The SMILES string of the molecule is CC(CO)(NC(=O)[C@H]1CCC[C@H]1CNC(=O)OCC1c2ccccc2-c2ccccc21)C(=O)O. The summed E-state index contributed by atoms with van der Waals surface area (Å²) in [4.78, 5) is 36.5. The van der Waals surface area contributed by atoms with E-state index in [9.17, 15) is 24.6 Å². The van der Waals surface area contributed by atoms with Gasteiger partial charge in [0.25, 0.3) is 0 Å². The van der Waals surface area contributed by atoms with E-state index in [0.29, 0.717) is 6.42 Å². The highest BCUT2D eigenvalue weighted by atomic mass is 16.5. The van der Waals surface area contributed by atoms with Crippen LogP contribution in [0.3, 0.4) is 0 Å². The van der Waals surface area contributed by atoms with E-state index in [4.69, 9.17) is 4.74 Å². The van der Waals surface area contributed by atoms with Gasteiger partial charge >= 0.3 is 12.1 Å². The Balaban J connectivity index is 1.32. The van der Waals surface area contributed by atoms with Gasteiger partial charge in [0, 0.05) is 18.4 Å². The number of amides is 2. The van der Waals surface area contributed by atoms with Crippen LogP contribution < -0.4 is 10.6 Å². The van der Waals surface area contributed by atoms with Gasteiger partial charge in [0.2, 0.25) is 5.91 Å². The number of hydrogen-bond acceptors (Lipinski definition) is 5. The summed E-state index contributed by atoms with van der Waals surface area (Å²) in [5.74, 6) is -2.31. The topological polar surface area (TPSA) is 125 Å². The molecule has 34 heavy (non-hydrogen) atoms. The molecule has 2 amide bonds. The Morgan fingerprint density at radius 1 is 1.03 bits per heavy atom. The summed E-state index contributed by atoms with van der Waals surface area (Å²) in [5.41, 5.74) is 2.85. The molecule has 2 aromatic rings. The average Bonchev–Trinajstić information content (AvgIpc) is 3.44. The van der Waals surface area contributed by atoms with Crippen molar-refractivity contribution >= 4 is 18.0 Å². The third-order valence-corrected chi connectivity index (χ3v) is 7.04. The van der Waals surface area contributed by atoms with Crippen LogP contribution >= 0.6 is 0 Å². The summed E-state index contributed by atoms with van der Waals surface area (Å²) in [6, 6.07) is 16.2. The number of aliphatic carboxylic acids is 1. The van der Waals surface area contributed by atoms with E-state index in [1.807, 2.05) is 24.3 Å². The summed E-state index contributed by atoms with van der Waals surface area (Å²) in [5, 5.41) is 23.9. The van der Waals surface area contributed by atoms with Gasteiger partial charge in [-0.3, -0.25) is 4.79 Å². The van der Waals surface area contributed by atoms with Crippen LogP contribution in [0, 0.1) is 11.8 Å². The third kappa shape index (κ3) is 4.63. The standard InChI is InChI=1S/C26H30N2O6/c1-26(15-29,24(31)32)28-23(30)17-12-6-7-16(17)13-27-25(33)34-14-22-20-10-4-2-8-18(20)19-9-3-5-11-21(19)22/h2-5,8-11,16-17,22,29H,6-7,12-15H2,1H3,(H,27,33)(H,28,30)(H,31,32)/t16-,17-,26?/m0/s1. The Kier molecular flexibility index (Phi) is 6.88. The predicted molar refractivity (Wildman–Crippen MR) is 125 cm³/mol. The lowest BCUT2D eigenvalue weighted by molar-refractivity contribution is -0.149. The highest BCUT2D eigenvalue weighted by Crippen LogP contribution is 2.44. The van der Waals surface area contributed by atoms with E-state index in [-0.39, 0.29) is 25.0 Å². The lowest BCUT2D eigenvalue weighted by Gasteiger charge is -2.27. The molecule has 2 aliphatic carbocycles. The molecule has 1 fully saturated rings. The maximum atomic E-state index is 12.7. The molecule has 4 rings (SSSR count). The minimum Gasteiger partial charge on any atom is -0.479 e. The van der Waals surface area contributed by atoms with Crippen LogP contribution in [0.15, 0.2) is 48.5 Å². The number of aliphatic hydroxyl groups is 1. The molecule has 4 N–H and O–H groups in total. The molecule has 2 aliphatic rings. The fourth-order valence-electron chi connectivity index (χ4n) is 5.02. The van der Waals surface area contributed by atoms with Crippen molar-refractivity contribution in [3.63, 3.8) is 0 Å². The molecule has 2 aromatic carbocycles. The normalized spacial score (nSPS) is 20.6. The number of alkyl carbamates (subject to hydrolysis) is 1. The maximum Gasteiger partial charge on any atom is 0.407 e. The van der Waals surface area contributed by atoms with Crippen molar-refractivity contribution in [2.75, 3.05) is 19.8 Å². The summed E-state index contributed by atoms with van der Waals surface area (Å²) in [7, 11) is 0. The zero-order valence-corrected chi connectivity index (χ0v) is 19.1. The Bertz CT molecular complexity index is 1040. The number of nitrogens with one attached hydrogen (secondary N) is 2. The monoisotopic (exact) mass is 466 g/mol. The summed E-state index contributed by atoms with van der Waals surface area (Å²) in [6.07, 6.45) is 1.60. The van der Waals surface area contributed by atoms with E-state index < -0.39 is 36.0 Å². The highest BCUT2D eigenvalue weighted by molar-refractivity contribution is 5.88. The lowest BCUT2D eigenvalue weighted by atomic mass is 9.93. The maximum absolute atomic E-state index is 12.7. The molecule has 0 spiro atoms. The number of aliphatic hydroxyl groups excluding tert-OH is 1. The highest BCUT2D eigenvalue weighted by Gasteiger charge is 2.40. The molecule has 0 aromatic heterocycles. The number of ether oxygens (including phenoxy) is 1. The van der Waals surface area contributed by atoms with Gasteiger partial charge in [-0.15, -0.1) is 0 Å². The van der Waals surface area contributed by atoms with Crippen LogP contribution in [-0.4, -0.2) is 53.5 Å². The number of carboxylic acid groups (broad SMARTS) is 1. The molecule has 0 radical (unpaired) electrons. The third-order valence-electron chi connectivity index (χ3n) is 7.04. The summed E-state index contributed by atoms with van der Waals surface area (Å²) < 4.78 is 5.56. The zero-order chi connectivity index (χ0) is 24.3. The van der Waals surface area contributed by atoms with Crippen LogP contribution in [0.5, 0.6) is 0 Å². The average molecular weight is 467 g/mol. The van der Waals surface area contributed by atoms with Crippen LogP contribution in [0.2, 0.25) is 0 Å². The van der Waals surface area contributed by atoms with Gasteiger partial charge in [0.05, 0.1) is 6.61 Å². The van der Waals surface area contributed by atoms with Crippen molar-refractivity contribution < 1.29 is 29.3 Å². The Hall–Kier alpha value is -3.39. The van der Waals surface area contributed by atoms with Crippen molar-refractivity contribution in [2.45, 2.75) is 37.6 Å². The van der Waals surface area contributed by atoms with Crippen LogP contribution in [-0.2, 0) is 14.3 Å². The number of carboxylic acids is 1. The quantitative estimate of drug-likeness (QED) is 0.474. The Morgan fingerprint density at radius 3 is 2.24 bits per heavy atom. The lowest BCUT2D eigenvalue weighted by Crippen LogP contribution is -2.56. The zero-order valence-electron chi connectivity index (χ0n) is 19.1. The van der Waals surface area contributed by atoms with Crippen molar-refractivity contribution in [1.82, 2.24) is 10.6 Å². The van der Waals surface area contributed by atoms with E-state index in [2.05, 4.69) is 34.9 Å². The molecule has 8 nitrogen and oxygen atoms in total. The molecule has 1 saturated carbocycles. The van der Waals surface area contributed by atoms with E-state index in [1.165, 1.54) is 6.92 Å². The molecule has 0 saturated heterocycles. The van der Waals surface area contributed by atoms with Crippen molar-refractivity contribution in [2.24, 2.45) is 11.8 Å². The number of rotatable bonds is 8. The van der Waals surface area contributed by atoms with Gasteiger partial charge in [0.15, 0.2) is 5.54 Å². The molecule has 1 unspecified atom stereocenters. The number of hydrogen-bond donors (Lipinski definition) is 4. The second-order valence-electron chi connectivity index (χ2n) is 9.29. The van der Waals surface area contributed by atoms with Crippen molar-refractivity contribution in [1.29, 1.82) is 0 Å². The Morgan fingerprint density at radius 2 is 1.65 bits per heavy atom. The van der Waals surface area contributed by atoms with Crippen molar-refractivity contribution in [3.05, 3.63) is 59.7 Å². The molecular formula is C26H30N2O6. The van der Waals surface area contributed by atoms with Gasteiger partial charge in [-0.2, -0.15) is 0 Å². The molecule has 180 valence electrons. The predicted octanol–water partition coefficient (Wildman–Crippen LogP) is 2.89. The van der Waals surface area contributed by atoms with Gasteiger partial charge in [-0.25, -0.2) is 9.59 Å². The van der Waals surface area contributed by atoms with Crippen LogP contribution in [0.25, 0.3) is 11.1 Å². The van der Waals surface area contributed by atoms with Gasteiger partial charge < -0.3 is 25.6 Å². The van der Waals surface area contributed by atoms with E-state index in [1.54, 1.807) is 0 Å². The summed E-state index contributed by atoms with van der Waals surface area (Å²) >= 11 is 0. The van der Waals surface area contributed by atoms with E-state index in [0.717, 1.165) is 35.1 Å². The molecular weight excluding hydrogens is 436 g/mol. The number of fused-ring (bicyclic) bond motifs is 3. The first-order chi connectivity index (χ1) is 16.3. The first-order valence-electron chi connectivity index (χ1n) is 11.6. The van der Waals surface area contributed by atoms with Gasteiger partial charge in [0.1, 0.15) is 6.61 Å². The van der Waals surface area contributed by atoms with Crippen LogP contribution in [0.4, 0.5) is 4.79 Å². The molecule has 0 heterocycles. The first kappa shape index (κ1) is 23.8. The largest absolute Gasteiger partial charge is 0.479 e. The van der Waals surface area contributed by atoms with Crippen molar-refractivity contribution in [3.8, 4) is 11.1 Å². The minimum absolute atomic E-state index is 0.0321. The summed E-state index contributed by atoms with van der Waals surface area (Å²) in [6.45, 7) is 1.04. The second kappa shape index (κ2) is 9.85. The fourth-order valence-corrected chi connectivity index (χ4v) is 5.02. The fraction of sp³-hybridized carbons (Fsp3) is 0.423. The number of carbonyl (C=O) groups excluding carboxylic acids is 2. The van der Waals surface area contributed by atoms with E-state index >= 15 is 0 Å². The molecule has 0 bridgehead atoms. The molecule has 0 aliphatic heterocycles.